The summed E-state index contributed by atoms with van der Waals surface area (Å²) in [4.78, 5) is 9.87. The molecule has 1 fully saturated rings. The second-order valence-electron chi connectivity index (χ2n) is 3.75. The van der Waals surface area contributed by atoms with Crippen LogP contribution < -0.4 is 0 Å². The van der Waals surface area contributed by atoms with Crippen LogP contribution in [0.1, 0.15) is 26.2 Å². The molecule has 0 aromatic carbocycles. The van der Waals surface area contributed by atoms with Crippen LogP contribution in [0, 0.1) is 16.0 Å². The standard InChI is InChI=1S/C9H17NO4/c1-8(6-10(11)12)7-14-9-4-2-3-5-13-9/h8-9H,2-7H2,1H3. The van der Waals surface area contributed by atoms with Crippen molar-refractivity contribution in [2.24, 2.45) is 5.92 Å². The Hall–Kier alpha value is -0.680. The van der Waals surface area contributed by atoms with Crippen molar-refractivity contribution in [1.82, 2.24) is 0 Å². The molecule has 0 aromatic heterocycles. The Kier molecular flexibility index (Phi) is 4.82. The lowest BCUT2D eigenvalue weighted by molar-refractivity contribution is -0.488. The molecule has 0 aromatic rings. The maximum Gasteiger partial charge on any atom is 0.208 e. The minimum atomic E-state index is -0.310. The first kappa shape index (κ1) is 11.4. The number of ether oxygens (including phenoxy) is 2. The first-order chi connectivity index (χ1) is 6.68. The molecule has 1 aliphatic rings. The van der Waals surface area contributed by atoms with E-state index in [0.717, 1.165) is 25.9 Å². The van der Waals surface area contributed by atoms with Gasteiger partial charge in [0.25, 0.3) is 0 Å². The summed E-state index contributed by atoms with van der Waals surface area (Å²) in [6, 6.07) is 0. The molecule has 14 heavy (non-hydrogen) atoms. The van der Waals surface area contributed by atoms with Crippen molar-refractivity contribution < 1.29 is 14.4 Å². The molecule has 0 radical (unpaired) electrons. The largest absolute Gasteiger partial charge is 0.353 e. The SMILES string of the molecule is CC(COC1CCCCO1)C[N+](=O)[O-]. The van der Waals surface area contributed by atoms with E-state index in [4.69, 9.17) is 9.47 Å². The van der Waals surface area contributed by atoms with Gasteiger partial charge in [-0.05, 0) is 19.3 Å². The molecule has 0 amide bonds. The van der Waals surface area contributed by atoms with Crippen LogP contribution in [-0.2, 0) is 9.47 Å². The van der Waals surface area contributed by atoms with E-state index in [1.807, 2.05) is 6.92 Å². The van der Waals surface area contributed by atoms with E-state index < -0.39 is 0 Å². The first-order valence-corrected chi connectivity index (χ1v) is 5.03. The smallest absolute Gasteiger partial charge is 0.208 e. The van der Waals surface area contributed by atoms with Crippen LogP contribution in [0.5, 0.6) is 0 Å². The number of nitrogens with zero attached hydrogens (tertiary/aromatic N) is 1. The van der Waals surface area contributed by atoms with E-state index in [2.05, 4.69) is 0 Å². The highest BCUT2D eigenvalue weighted by atomic mass is 16.7. The van der Waals surface area contributed by atoms with Gasteiger partial charge in [-0.3, -0.25) is 10.1 Å². The molecule has 0 saturated carbocycles. The summed E-state index contributed by atoms with van der Waals surface area (Å²) < 4.78 is 10.8. The van der Waals surface area contributed by atoms with Crippen LogP contribution in [0.25, 0.3) is 0 Å². The topological polar surface area (TPSA) is 61.6 Å². The molecule has 1 heterocycles. The van der Waals surface area contributed by atoms with Crippen LogP contribution in [0.15, 0.2) is 0 Å². The fourth-order valence-corrected chi connectivity index (χ4v) is 1.42. The number of hydrogen-bond donors (Lipinski definition) is 0. The maximum absolute atomic E-state index is 10.2. The molecule has 5 heteroatoms. The summed E-state index contributed by atoms with van der Waals surface area (Å²) in [6.45, 7) is 2.93. The zero-order chi connectivity index (χ0) is 10.4. The number of hydrogen-bond acceptors (Lipinski definition) is 4. The van der Waals surface area contributed by atoms with Crippen molar-refractivity contribution >= 4 is 0 Å². The average Bonchev–Trinajstić information content (AvgIpc) is 2.15. The Morgan fingerprint density at radius 2 is 2.43 bits per heavy atom. The van der Waals surface area contributed by atoms with Gasteiger partial charge in [0.05, 0.1) is 6.61 Å². The van der Waals surface area contributed by atoms with E-state index in [1.165, 1.54) is 0 Å². The van der Waals surface area contributed by atoms with Gasteiger partial charge in [-0.15, -0.1) is 0 Å². The molecule has 0 aliphatic carbocycles. The molecular weight excluding hydrogens is 186 g/mol. The molecule has 1 rings (SSSR count). The van der Waals surface area contributed by atoms with Crippen molar-refractivity contribution in [2.75, 3.05) is 19.8 Å². The van der Waals surface area contributed by atoms with Gasteiger partial charge in [-0.2, -0.15) is 0 Å². The molecule has 2 atom stereocenters. The van der Waals surface area contributed by atoms with Gasteiger partial charge in [0.15, 0.2) is 6.29 Å². The maximum atomic E-state index is 10.2. The van der Waals surface area contributed by atoms with Crippen LogP contribution >= 0.6 is 0 Å². The Labute approximate surface area is 83.5 Å². The lowest BCUT2D eigenvalue weighted by Crippen LogP contribution is -2.26. The predicted molar refractivity (Wildman–Crippen MR) is 50.6 cm³/mol. The van der Waals surface area contributed by atoms with Gasteiger partial charge in [-0.25, -0.2) is 0 Å². The zero-order valence-corrected chi connectivity index (χ0v) is 8.48. The molecule has 5 nitrogen and oxygen atoms in total. The average molecular weight is 203 g/mol. The fourth-order valence-electron chi connectivity index (χ4n) is 1.42. The number of nitro groups is 1. The number of rotatable bonds is 5. The summed E-state index contributed by atoms with van der Waals surface area (Å²) in [5, 5.41) is 10.2. The summed E-state index contributed by atoms with van der Waals surface area (Å²) >= 11 is 0. The zero-order valence-electron chi connectivity index (χ0n) is 8.48. The van der Waals surface area contributed by atoms with Gasteiger partial charge in [0, 0.05) is 17.4 Å². The highest BCUT2D eigenvalue weighted by Gasteiger charge is 2.17. The van der Waals surface area contributed by atoms with Crippen molar-refractivity contribution in [1.29, 1.82) is 0 Å². The van der Waals surface area contributed by atoms with Crippen molar-refractivity contribution in [3.63, 3.8) is 0 Å². The second-order valence-corrected chi connectivity index (χ2v) is 3.75. The van der Waals surface area contributed by atoms with Gasteiger partial charge in [0.2, 0.25) is 6.54 Å². The van der Waals surface area contributed by atoms with Crippen molar-refractivity contribution in [3.05, 3.63) is 10.1 Å². The van der Waals surface area contributed by atoms with E-state index in [-0.39, 0.29) is 23.7 Å². The van der Waals surface area contributed by atoms with E-state index in [9.17, 15) is 10.1 Å². The Bertz CT molecular complexity index is 180. The lowest BCUT2D eigenvalue weighted by Gasteiger charge is -2.23. The van der Waals surface area contributed by atoms with Gasteiger partial charge in [0.1, 0.15) is 0 Å². The highest BCUT2D eigenvalue weighted by Crippen LogP contribution is 2.14. The normalized spacial score (nSPS) is 24.5. The third-order valence-corrected chi connectivity index (χ3v) is 2.17. The van der Waals surface area contributed by atoms with Gasteiger partial charge < -0.3 is 9.47 Å². The van der Waals surface area contributed by atoms with E-state index in [0.29, 0.717) is 6.61 Å². The monoisotopic (exact) mass is 203 g/mol. The minimum Gasteiger partial charge on any atom is -0.353 e. The van der Waals surface area contributed by atoms with Crippen LogP contribution in [0.4, 0.5) is 0 Å². The summed E-state index contributed by atoms with van der Waals surface area (Å²) in [6.07, 6.45) is 2.97. The molecule has 0 spiro atoms. The molecule has 82 valence electrons. The quantitative estimate of drug-likeness (QED) is 0.501. The summed E-state index contributed by atoms with van der Waals surface area (Å²) in [7, 11) is 0. The lowest BCUT2D eigenvalue weighted by atomic mass is 10.2. The fraction of sp³-hybridized carbons (Fsp3) is 1.00. The van der Waals surface area contributed by atoms with E-state index in [1.54, 1.807) is 0 Å². The van der Waals surface area contributed by atoms with Gasteiger partial charge in [-0.1, -0.05) is 6.92 Å². The predicted octanol–water partition coefficient (Wildman–Crippen LogP) is 1.44. The highest BCUT2D eigenvalue weighted by molar-refractivity contribution is 4.55. The molecular formula is C9H17NO4. The van der Waals surface area contributed by atoms with Crippen LogP contribution in [0.2, 0.25) is 0 Å². The van der Waals surface area contributed by atoms with Crippen molar-refractivity contribution in [3.8, 4) is 0 Å². The minimum absolute atomic E-state index is 0.0350. The molecule has 0 bridgehead atoms. The van der Waals surface area contributed by atoms with Gasteiger partial charge >= 0.3 is 0 Å². The first-order valence-electron chi connectivity index (χ1n) is 5.03. The van der Waals surface area contributed by atoms with Crippen molar-refractivity contribution in [2.45, 2.75) is 32.5 Å². The Morgan fingerprint density at radius 3 is 3.00 bits per heavy atom. The third kappa shape index (κ3) is 4.53. The molecule has 1 aliphatic heterocycles. The summed E-state index contributed by atoms with van der Waals surface area (Å²) in [5.41, 5.74) is 0. The second kappa shape index (κ2) is 5.93. The van der Waals surface area contributed by atoms with E-state index >= 15 is 0 Å². The molecule has 1 saturated heterocycles. The van der Waals surface area contributed by atoms with Crippen LogP contribution in [0.3, 0.4) is 0 Å². The Balaban J connectivity index is 2.09. The molecule has 2 unspecified atom stereocenters. The summed E-state index contributed by atoms with van der Waals surface area (Å²) in [5.74, 6) is -0.0458. The van der Waals surface area contributed by atoms with Crippen LogP contribution in [-0.4, -0.2) is 31.0 Å². The Morgan fingerprint density at radius 1 is 1.64 bits per heavy atom. The molecule has 0 N–H and O–H groups in total. The third-order valence-electron chi connectivity index (χ3n) is 2.17.